The molecule has 0 unspecified atom stereocenters. The zero-order valence-electron chi connectivity index (χ0n) is 16.1. The second-order valence-corrected chi connectivity index (χ2v) is 6.64. The molecule has 2 heterocycles. The molecule has 4 aromatic rings. The van der Waals surface area contributed by atoms with E-state index in [0.29, 0.717) is 16.5 Å². The van der Waals surface area contributed by atoms with Gasteiger partial charge in [0.2, 0.25) is 11.7 Å². The van der Waals surface area contributed by atoms with Crippen LogP contribution in [0.1, 0.15) is 5.56 Å². The van der Waals surface area contributed by atoms with E-state index in [1.165, 1.54) is 24.1 Å². The van der Waals surface area contributed by atoms with Crippen LogP contribution < -0.4 is 21.2 Å². The van der Waals surface area contributed by atoms with Crippen molar-refractivity contribution in [3.8, 4) is 5.75 Å². The number of nitrogens with zero attached hydrogens (tertiary/aromatic N) is 2. The molecule has 0 saturated carbocycles. The first kappa shape index (κ1) is 20.2. The van der Waals surface area contributed by atoms with Gasteiger partial charge in [0.1, 0.15) is 0 Å². The van der Waals surface area contributed by atoms with Gasteiger partial charge >= 0.3 is 5.56 Å². The van der Waals surface area contributed by atoms with Gasteiger partial charge in [-0.1, -0.05) is 6.07 Å². The first-order valence-electron chi connectivity index (χ1n) is 9.03. The number of aromatic amines is 1. The lowest BCUT2D eigenvalue weighted by atomic mass is 10.1. The van der Waals surface area contributed by atoms with Gasteiger partial charge in [0.25, 0.3) is 5.56 Å². The Morgan fingerprint density at radius 2 is 1.84 bits per heavy atom. The van der Waals surface area contributed by atoms with E-state index in [4.69, 9.17) is 4.74 Å². The largest absolute Gasteiger partial charge is 0.490 e. The number of benzene rings is 2. The molecule has 2 N–H and O–H groups in total. The van der Waals surface area contributed by atoms with Gasteiger partial charge in [-0.05, 0) is 35.9 Å². The van der Waals surface area contributed by atoms with Crippen molar-refractivity contribution in [2.45, 2.75) is 6.54 Å². The number of pyridine rings is 1. The molecule has 0 fully saturated rings. The van der Waals surface area contributed by atoms with Crippen molar-refractivity contribution in [3.05, 3.63) is 92.5 Å². The first-order chi connectivity index (χ1) is 14.9. The van der Waals surface area contributed by atoms with E-state index in [-0.39, 0.29) is 29.4 Å². The number of nitrogens with one attached hydrogen (secondary N) is 2. The maximum atomic E-state index is 13.6. The summed E-state index contributed by atoms with van der Waals surface area (Å²) in [6.45, 7) is -0.147. The van der Waals surface area contributed by atoms with Crippen molar-refractivity contribution in [1.29, 1.82) is 0 Å². The molecule has 7 nitrogen and oxygen atoms in total. The van der Waals surface area contributed by atoms with Crippen LogP contribution in [0.2, 0.25) is 0 Å². The van der Waals surface area contributed by atoms with Crippen molar-refractivity contribution in [1.82, 2.24) is 14.5 Å². The molecule has 0 radical (unpaired) electrons. The van der Waals surface area contributed by atoms with Crippen LogP contribution in [-0.2, 0) is 6.54 Å². The summed E-state index contributed by atoms with van der Waals surface area (Å²) in [6, 6.07) is 8.35. The Labute approximate surface area is 172 Å². The number of aromatic nitrogens is 3. The summed E-state index contributed by atoms with van der Waals surface area (Å²) in [5, 5.41) is 3.96. The topological polar surface area (TPSA) is 89.0 Å². The van der Waals surface area contributed by atoms with Crippen LogP contribution >= 0.6 is 0 Å². The van der Waals surface area contributed by atoms with E-state index in [0.717, 1.165) is 12.1 Å². The monoisotopic (exact) mass is 428 g/mol. The average Bonchev–Trinajstić information content (AvgIpc) is 2.74. The molecule has 2 aromatic heterocycles. The highest BCUT2D eigenvalue weighted by Crippen LogP contribution is 2.24. The summed E-state index contributed by atoms with van der Waals surface area (Å²) in [7, 11) is 1.28. The molecule has 31 heavy (non-hydrogen) atoms. The van der Waals surface area contributed by atoms with E-state index in [1.807, 2.05) is 0 Å². The minimum atomic E-state index is -1.57. The number of hydrogen-bond acceptors (Lipinski definition) is 5. The van der Waals surface area contributed by atoms with Crippen LogP contribution in [0, 0.1) is 17.5 Å². The Morgan fingerprint density at radius 3 is 2.55 bits per heavy atom. The molecule has 0 bridgehead atoms. The van der Waals surface area contributed by atoms with Crippen molar-refractivity contribution in [2.24, 2.45) is 0 Å². The number of rotatable bonds is 5. The van der Waals surface area contributed by atoms with Crippen LogP contribution in [0.4, 0.5) is 24.8 Å². The van der Waals surface area contributed by atoms with Crippen molar-refractivity contribution in [2.75, 3.05) is 12.4 Å². The predicted octanol–water partition coefficient (Wildman–Crippen LogP) is 3.30. The van der Waals surface area contributed by atoms with Crippen LogP contribution in [-0.4, -0.2) is 21.6 Å². The number of halogens is 3. The highest BCUT2D eigenvalue weighted by molar-refractivity contribution is 5.94. The van der Waals surface area contributed by atoms with Gasteiger partial charge in [0.15, 0.2) is 17.5 Å². The third-order valence-electron chi connectivity index (χ3n) is 4.64. The number of methoxy groups -OCH3 is 1. The standard InChI is InChI=1S/C21H15F3N4O3/c1-31-17-10-28(9-11-7-14(22)18(24)15(23)8-11)21(27-20(17)30)26-16-4-2-3-13-12(16)5-6-25-19(13)29/h2-8,10H,9H2,1H3,(H,25,29)(H,26,27,30). The maximum Gasteiger partial charge on any atom is 0.316 e. The zero-order chi connectivity index (χ0) is 22.1. The normalized spacial score (nSPS) is 11.0. The van der Waals surface area contributed by atoms with Crippen LogP contribution in [0.15, 0.2) is 58.4 Å². The molecule has 0 aliphatic rings. The molecule has 0 amide bonds. The summed E-state index contributed by atoms with van der Waals surface area (Å²) < 4.78 is 47.0. The third kappa shape index (κ3) is 3.87. The lowest BCUT2D eigenvalue weighted by Gasteiger charge is -2.16. The van der Waals surface area contributed by atoms with Crippen LogP contribution in [0.3, 0.4) is 0 Å². The summed E-state index contributed by atoms with van der Waals surface area (Å²) >= 11 is 0. The van der Waals surface area contributed by atoms with E-state index in [9.17, 15) is 22.8 Å². The lowest BCUT2D eigenvalue weighted by molar-refractivity contribution is 0.402. The second-order valence-electron chi connectivity index (χ2n) is 6.64. The smallest absolute Gasteiger partial charge is 0.316 e. The highest BCUT2D eigenvalue weighted by Gasteiger charge is 2.15. The Hall–Kier alpha value is -4.08. The highest BCUT2D eigenvalue weighted by atomic mass is 19.2. The minimum absolute atomic E-state index is 0.0312. The van der Waals surface area contributed by atoms with Gasteiger partial charge in [-0.25, -0.2) is 13.2 Å². The van der Waals surface area contributed by atoms with Crippen LogP contribution in [0.25, 0.3) is 10.8 Å². The van der Waals surface area contributed by atoms with Gasteiger partial charge in [0, 0.05) is 22.7 Å². The van der Waals surface area contributed by atoms with Gasteiger partial charge < -0.3 is 19.6 Å². The fourth-order valence-corrected chi connectivity index (χ4v) is 3.18. The van der Waals surface area contributed by atoms with E-state index < -0.39 is 23.0 Å². The van der Waals surface area contributed by atoms with Crippen LogP contribution in [0.5, 0.6) is 5.75 Å². The van der Waals surface area contributed by atoms with Gasteiger partial charge in [-0.2, -0.15) is 4.98 Å². The fraction of sp³-hybridized carbons (Fsp3) is 0.0952. The Morgan fingerprint density at radius 1 is 1.10 bits per heavy atom. The van der Waals surface area contributed by atoms with Gasteiger partial charge in [-0.3, -0.25) is 9.59 Å². The number of hydrogen-bond donors (Lipinski definition) is 2. The molecule has 0 atom stereocenters. The average molecular weight is 428 g/mol. The molecule has 4 rings (SSSR count). The fourth-order valence-electron chi connectivity index (χ4n) is 3.18. The van der Waals surface area contributed by atoms with E-state index in [1.54, 1.807) is 24.3 Å². The van der Waals surface area contributed by atoms with Crippen molar-refractivity contribution < 1.29 is 17.9 Å². The lowest BCUT2D eigenvalue weighted by Crippen LogP contribution is -2.19. The van der Waals surface area contributed by atoms with Gasteiger partial charge in [-0.15, -0.1) is 0 Å². The molecule has 158 valence electrons. The van der Waals surface area contributed by atoms with Crippen molar-refractivity contribution in [3.63, 3.8) is 0 Å². The molecule has 0 aliphatic carbocycles. The molecule has 10 heteroatoms. The quantitative estimate of drug-likeness (QED) is 0.476. The second kappa shape index (κ2) is 7.98. The summed E-state index contributed by atoms with van der Waals surface area (Å²) in [6.07, 6.45) is 2.79. The Kier molecular flexibility index (Phi) is 5.20. The van der Waals surface area contributed by atoms with E-state index in [2.05, 4.69) is 15.3 Å². The predicted molar refractivity (Wildman–Crippen MR) is 108 cm³/mol. The van der Waals surface area contributed by atoms with Gasteiger partial charge in [0.05, 0.1) is 19.9 Å². The molecular formula is C21H15F3N4O3. The Bertz CT molecular complexity index is 1390. The molecule has 0 spiro atoms. The SMILES string of the molecule is COc1cn(Cc2cc(F)c(F)c(F)c2)c(Nc2cccc3c(=O)[nH]ccc23)nc1=O. The molecule has 2 aromatic carbocycles. The molecule has 0 aliphatic heterocycles. The summed E-state index contributed by atoms with van der Waals surface area (Å²) in [4.78, 5) is 30.8. The summed E-state index contributed by atoms with van der Waals surface area (Å²) in [5.41, 5.74) is -0.388. The van der Waals surface area contributed by atoms with E-state index >= 15 is 0 Å². The first-order valence-corrected chi connectivity index (χ1v) is 9.03. The Balaban J connectivity index is 1.82. The number of ether oxygens (including phenoxy) is 1. The maximum absolute atomic E-state index is 13.6. The number of anilines is 2. The minimum Gasteiger partial charge on any atom is -0.490 e. The molecular weight excluding hydrogens is 413 g/mol. The number of fused-ring (bicyclic) bond motifs is 1. The zero-order valence-corrected chi connectivity index (χ0v) is 16.1. The summed E-state index contributed by atoms with van der Waals surface area (Å²) in [5.74, 6) is -4.30. The number of H-pyrrole nitrogens is 1. The molecule has 0 saturated heterocycles. The third-order valence-corrected chi connectivity index (χ3v) is 4.64. The van der Waals surface area contributed by atoms with Crippen molar-refractivity contribution >= 4 is 22.4 Å².